The van der Waals surface area contributed by atoms with Crippen molar-refractivity contribution in [2.24, 2.45) is 0 Å². The van der Waals surface area contributed by atoms with E-state index in [0.717, 1.165) is 0 Å². The highest BCUT2D eigenvalue weighted by molar-refractivity contribution is 7.85. The third-order valence-electron chi connectivity index (χ3n) is 1.39. The van der Waals surface area contributed by atoms with Crippen molar-refractivity contribution < 1.29 is 39.3 Å². The molecule has 0 aromatic rings. The van der Waals surface area contributed by atoms with Crippen molar-refractivity contribution in [2.45, 2.75) is 19.3 Å². The fourth-order valence-electron chi connectivity index (χ4n) is 0.990. The van der Waals surface area contributed by atoms with Gasteiger partial charge in [0.2, 0.25) is 0 Å². The summed E-state index contributed by atoms with van der Waals surface area (Å²) in [5, 5.41) is 0. The summed E-state index contributed by atoms with van der Waals surface area (Å²) in [7, 11) is -4.95. The van der Waals surface area contributed by atoms with E-state index in [-0.39, 0.29) is 0 Å². The van der Waals surface area contributed by atoms with Crippen LogP contribution in [0.3, 0.4) is 0 Å². The van der Waals surface area contributed by atoms with Crippen LogP contribution in [0.4, 0.5) is 26.3 Å². The lowest BCUT2D eigenvalue weighted by Crippen LogP contribution is -2.29. The van der Waals surface area contributed by atoms with Crippen LogP contribution in [0.25, 0.3) is 0 Å². The molecule has 0 fully saturated rings. The van der Waals surface area contributed by atoms with E-state index in [4.69, 9.17) is 4.55 Å². The van der Waals surface area contributed by atoms with Crippen molar-refractivity contribution >= 4 is 10.1 Å². The lowest BCUT2D eigenvalue weighted by Gasteiger charge is -2.17. The summed E-state index contributed by atoms with van der Waals surface area (Å²) in [5.41, 5.74) is -4.43. The Kier molecular flexibility index (Phi) is 4.04. The molecule has 0 amide bonds. The Labute approximate surface area is 86.5 Å². The van der Waals surface area contributed by atoms with Gasteiger partial charge >= 0.3 is 12.4 Å². The summed E-state index contributed by atoms with van der Waals surface area (Å²) in [5.74, 6) is -1.72. The van der Waals surface area contributed by atoms with Crippen LogP contribution in [0.1, 0.15) is 6.92 Å². The molecular weight excluding hydrogens is 266 g/mol. The Morgan fingerprint density at radius 2 is 1.38 bits per heavy atom. The summed E-state index contributed by atoms with van der Waals surface area (Å²) in [6.45, 7) is 0.337. The molecule has 0 unspecified atom stereocenters. The summed E-state index contributed by atoms with van der Waals surface area (Å²) in [6, 6.07) is 0. The number of hydrogen-bond donors (Lipinski definition) is 1. The highest BCUT2D eigenvalue weighted by Gasteiger charge is 2.52. The zero-order chi connectivity index (χ0) is 13.4. The quantitative estimate of drug-likeness (QED) is 0.477. The van der Waals surface area contributed by atoms with Gasteiger partial charge in [-0.15, -0.1) is 0 Å². The minimum atomic E-state index is -5.73. The molecule has 0 aliphatic carbocycles. The van der Waals surface area contributed by atoms with Gasteiger partial charge < -0.3 is 0 Å². The van der Waals surface area contributed by atoms with Crippen molar-refractivity contribution in [1.29, 1.82) is 0 Å². The second-order valence-corrected chi connectivity index (χ2v) is 4.33. The van der Waals surface area contributed by atoms with Crippen molar-refractivity contribution in [1.82, 2.24) is 0 Å². The summed E-state index contributed by atoms with van der Waals surface area (Å²) in [4.78, 5) is 0. The summed E-state index contributed by atoms with van der Waals surface area (Å²) >= 11 is 0. The van der Waals surface area contributed by atoms with Crippen molar-refractivity contribution in [3.05, 3.63) is 11.1 Å². The van der Waals surface area contributed by atoms with Gasteiger partial charge in [-0.2, -0.15) is 34.8 Å². The molecule has 0 aromatic heterocycles. The summed E-state index contributed by atoms with van der Waals surface area (Å²) < 4.78 is 100. The van der Waals surface area contributed by atoms with Gasteiger partial charge in [-0.05, 0) is 12.5 Å². The van der Waals surface area contributed by atoms with E-state index in [0.29, 0.717) is 6.92 Å². The molecule has 0 radical (unpaired) electrons. The van der Waals surface area contributed by atoms with E-state index in [2.05, 4.69) is 0 Å². The van der Waals surface area contributed by atoms with Gasteiger partial charge in [-0.1, -0.05) is 0 Å². The Morgan fingerprint density at radius 3 is 1.56 bits per heavy atom. The lowest BCUT2D eigenvalue weighted by molar-refractivity contribution is -0.173. The van der Waals surface area contributed by atoms with Crippen molar-refractivity contribution in [2.75, 3.05) is 5.75 Å². The zero-order valence-electron chi connectivity index (χ0n) is 7.65. The molecule has 0 aromatic carbocycles. The minimum absolute atomic E-state index is 0.337. The molecule has 0 atom stereocenters. The molecule has 0 spiro atoms. The Morgan fingerprint density at radius 1 is 1.06 bits per heavy atom. The van der Waals surface area contributed by atoms with Gasteiger partial charge in [-0.3, -0.25) is 4.55 Å². The molecule has 3 nitrogen and oxygen atoms in total. The first-order valence-electron chi connectivity index (χ1n) is 3.54. The smallest absolute Gasteiger partial charge is 0.285 e. The average Bonchev–Trinajstić information content (AvgIpc) is 1.70. The lowest BCUT2D eigenvalue weighted by atomic mass is 10.1. The topological polar surface area (TPSA) is 54.4 Å². The van der Waals surface area contributed by atoms with E-state index in [9.17, 15) is 34.8 Å². The van der Waals surface area contributed by atoms with E-state index >= 15 is 0 Å². The average molecular weight is 272 g/mol. The second-order valence-electron chi connectivity index (χ2n) is 2.88. The molecule has 0 rings (SSSR count). The molecule has 0 heterocycles. The van der Waals surface area contributed by atoms with Crippen LogP contribution >= 0.6 is 0 Å². The Balaban J connectivity index is 5.60. The number of allylic oxidation sites excluding steroid dienone is 1. The van der Waals surface area contributed by atoms with Crippen LogP contribution in [0.5, 0.6) is 0 Å². The Hall–Kier alpha value is -0.770. The fourth-order valence-corrected chi connectivity index (χ4v) is 1.68. The molecule has 0 bridgehead atoms. The highest BCUT2D eigenvalue weighted by atomic mass is 32.2. The molecular formula is C6H6F6O3S. The number of alkyl halides is 6. The Bertz CT molecular complexity index is 371. The molecule has 0 saturated carbocycles. The van der Waals surface area contributed by atoms with Gasteiger partial charge in [0.25, 0.3) is 10.1 Å². The number of rotatable bonds is 2. The van der Waals surface area contributed by atoms with E-state index in [1.54, 1.807) is 0 Å². The standard InChI is InChI=1S/C6H6F6O3S/c1-3(2-16(13,14)15)4(5(7,8)9)6(10,11)12/h2H2,1H3,(H,13,14,15). The van der Waals surface area contributed by atoms with Gasteiger partial charge in [0.05, 0.1) is 5.75 Å². The predicted molar refractivity (Wildman–Crippen MR) is 41.2 cm³/mol. The van der Waals surface area contributed by atoms with E-state index in [1.165, 1.54) is 0 Å². The largest absolute Gasteiger partial charge is 0.421 e. The molecule has 10 heteroatoms. The first kappa shape index (κ1) is 15.2. The van der Waals surface area contributed by atoms with Crippen LogP contribution in [0, 0.1) is 0 Å². The fraction of sp³-hybridized carbons (Fsp3) is 0.667. The van der Waals surface area contributed by atoms with Crippen LogP contribution in [-0.4, -0.2) is 31.1 Å². The molecule has 96 valence electrons. The molecule has 0 aliphatic rings. The third kappa shape index (κ3) is 4.84. The maximum Gasteiger partial charge on any atom is 0.421 e. The van der Waals surface area contributed by atoms with Crippen LogP contribution in [0.2, 0.25) is 0 Å². The maximum atomic E-state index is 12.0. The van der Waals surface area contributed by atoms with Gasteiger partial charge in [-0.25, -0.2) is 0 Å². The molecule has 1 N–H and O–H groups in total. The maximum absolute atomic E-state index is 12.0. The zero-order valence-corrected chi connectivity index (χ0v) is 8.46. The first-order valence-corrected chi connectivity index (χ1v) is 5.15. The van der Waals surface area contributed by atoms with Gasteiger partial charge in [0, 0.05) is 0 Å². The molecule has 0 saturated heterocycles. The van der Waals surface area contributed by atoms with E-state index < -0.39 is 39.4 Å². The number of halogens is 6. The van der Waals surface area contributed by atoms with Crippen molar-refractivity contribution in [3.63, 3.8) is 0 Å². The normalized spacial score (nSPS) is 13.8. The monoisotopic (exact) mass is 272 g/mol. The summed E-state index contributed by atoms with van der Waals surface area (Å²) in [6.07, 6.45) is -11.5. The van der Waals surface area contributed by atoms with Crippen LogP contribution in [-0.2, 0) is 10.1 Å². The first-order chi connectivity index (χ1) is 6.75. The van der Waals surface area contributed by atoms with Gasteiger partial charge in [0.15, 0.2) is 0 Å². The predicted octanol–water partition coefficient (Wildman–Crippen LogP) is 2.32. The minimum Gasteiger partial charge on any atom is -0.285 e. The number of hydrogen-bond acceptors (Lipinski definition) is 2. The highest BCUT2D eigenvalue weighted by Crippen LogP contribution is 2.40. The van der Waals surface area contributed by atoms with Crippen LogP contribution < -0.4 is 0 Å². The van der Waals surface area contributed by atoms with Crippen molar-refractivity contribution in [3.8, 4) is 0 Å². The van der Waals surface area contributed by atoms with Crippen LogP contribution in [0.15, 0.2) is 11.1 Å². The second kappa shape index (κ2) is 4.24. The van der Waals surface area contributed by atoms with E-state index in [1.807, 2.05) is 0 Å². The van der Waals surface area contributed by atoms with Gasteiger partial charge in [0.1, 0.15) is 5.57 Å². The third-order valence-corrected chi connectivity index (χ3v) is 2.19. The molecule has 16 heavy (non-hydrogen) atoms. The molecule has 0 aliphatic heterocycles. The SMILES string of the molecule is CC(CS(=O)(=O)O)=C(C(F)(F)F)C(F)(F)F.